The van der Waals surface area contributed by atoms with Gasteiger partial charge in [0.1, 0.15) is 0 Å². The van der Waals surface area contributed by atoms with Crippen LogP contribution in [-0.4, -0.2) is 23.8 Å². The molecule has 21 heavy (non-hydrogen) atoms. The second kappa shape index (κ2) is 5.51. The van der Waals surface area contributed by atoms with Crippen molar-refractivity contribution in [2.75, 3.05) is 0 Å². The maximum Gasteiger partial charge on any atom is 0.279 e. The van der Waals surface area contributed by atoms with E-state index in [1.54, 1.807) is 18.5 Å². The molecule has 8 heteroatoms. The number of nitrogens with zero attached hydrogens (tertiary/aromatic N) is 2. The van der Waals surface area contributed by atoms with Gasteiger partial charge in [-0.2, -0.15) is 0 Å². The zero-order valence-electron chi connectivity index (χ0n) is 11.7. The Morgan fingerprint density at radius 2 is 2.05 bits per heavy atom. The molecule has 1 N–H and O–H groups in total. The standard InChI is InChI=1S/C13H17N3O3S2/c1-9-11(12(17)16-7-8-20-13(16)14-9)21(18,19)15-10-5-3-2-4-6-10/h7-8,10,15H,2-6H2,1H3. The van der Waals surface area contributed by atoms with Crippen LogP contribution in [0.5, 0.6) is 0 Å². The Morgan fingerprint density at radius 3 is 2.76 bits per heavy atom. The molecule has 0 aliphatic heterocycles. The molecule has 0 amide bonds. The summed E-state index contributed by atoms with van der Waals surface area (Å²) in [6.45, 7) is 1.57. The summed E-state index contributed by atoms with van der Waals surface area (Å²) >= 11 is 1.31. The largest absolute Gasteiger partial charge is 0.279 e. The van der Waals surface area contributed by atoms with Crippen molar-refractivity contribution < 1.29 is 8.42 Å². The lowest BCUT2D eigenvalue weighted by molar-refractivity contribution is 0.411. The number of fused-ring (bicyclic) bond motifs is 1. The predicted octanol–water partition coefficient (Wildman–Crippen LogP) is 1.68. The monoisotopic (exact) mass is 327 g/mol. The summed E-state index contributed by atoms with van der Waals surface area (Å²) in [5.74, 6) is 0. The quantitative estimate of drug-likeness (QED) is 0.930. The van der Waals surface area contributed by atoms with Crippen molar-refractivity contribution in [3.8, 4) is 0 Å². The molecule has 6 nitrogen and oxygen atoms in total. The Morgan fingerprint density at radius 1 is 1.33 bits per heavy atom. The molecule has 1 saturated carbocycles. The first-order chi connectivity index (χ1) is 9.99. The number of nitrogens with one attached hydrogen (secondary N) is 1. The molecule has 114 valence electrons. The number of thiazole rings is 1. The van der Waals surface area contributed by atoms with Crippen LogP contribution >= 0.6 is 11.3 Å². The van der Waals surface area contributed by atoms with E-state index in [1.807, 2.05) is 0 Å². The molecule has 3 rings (SSSR count). The summed E-state index contributed by atoms with van der Waals surface area (Å²) in [5.41, 5.74) is -0.271. The molecular formula is C13H17N3O3S2. The third kappa shape index (κ3) is 2.75. The first-order valence-corrected chi connectivity index (χ1v) is 9.34. The molecule has 2 aromatic heterocycles. The summed E-state index contributed by atoms with van der Waals surface area (Å²) in [6.07, 6.45) is 6.39. The molecule has 0 spiro atoms. The molecule has 0 aromatic carbocycles. The zero-order chi connectivity index (χ0) is 15.0. The van der Waals surface area contributed by atoms with Gasteiger partial charge in [-0.3, -0.25) is 9.20 Å². The van der Waals surface area contributed by atoms with E-state index in [0.717, 1.165) is 32.1 Å². The molecule has 0 unspecified atom stereocenters. The fourth-order valence-electron chi connectivity index (χ4n) is 2.77. The molecule has 2 aromatic rings. The first kappa shape index (κ1) is 14.7. The second-order valence-electron chi connectivity index (χ2n) is 5.34. The second-order valence-corrected chi connectivity index (χ2v) is 7.87. The van der Waals surface area contributed by atoms with Crippen molar-refractivity contribution in [1.29, 1.82) is 0 Å². The number of sulfonamides is 1. The number of hydrogen-bond acceptors (Lipinski definition) is 5. The highest BCUT2D eigenvalue weighted by molar-refractivity contribution is 7.89. The predicted molar refractivity (Wildman–Crippen MR) is 81.3 cm³/mol. The van der Waals surface area contributed by atoms with E-state index in [2.05, 4.69) is 9.71 Å². The minimum absolute atomic E-state index is 0.0780. The third-order valence-corrected chi connectivity index (χ3v) is 6.20. The minimum Gasteiger partial charge on any atom is -0.267 e. The van der Waals surface area contributed by atoms with Crippen molar-refractivity contribution in [2.24, 2.45) is 0 Å². The Balaban J connectivity index is 2.03. The van der Waals surface area contributed by atoms with Gasteiger partial charge >= 0.3 is 0 Å². The number of rotatable bonds is 3. The topological polar surface area (TPSA) is 80.5 Å². The van der Waals surface area contributed by atoms with E-state index in [0.29, 0.717) is 4.96 Å². The molecule has 0 bridgehead atoms. The van der Waals surface area contributed by atoms with E-state index < -0.39 is 15.6 Å². The van der Waals surface area contributed by atoms with Crippen molar-refractivity contribution in [3.05, 3.63) is 27.6 Å². The van der Waals surface area contributed by atoms with Gasteiger partial charge in [0.2, 0.25) is 10.0 Å². The summed E-state index contributed by atoms with van der Waals surface area (Å²) < 4.78 is 29.1. The van der Waals surface area contributed by atoms with Crippen molar-refractivity contribution in [3.63, 3.8) is 0 Å². The summed E-state index contributed by atoms with van der Waals surface area (Å²) in [6, 6.07) is -0.0780. The normalized spacial score (nSPS) is 17.4. The fraction of sp³-hybridized carbons (Fsp3) is 0.538. The van der Waals surface area contributed by atoms with Gasteiger partial charge < -0.3 is 0 Å². The Labute approximate surface area is 126 Å². The summed E-state index contributed by atoms with van der Waals surface area (Å²) in [5, 5.41) is 1.72. The highest BCUT2D eigenvalue weighted by Gasteiger charge is 2.27. The summed E-state index contributed by atoms with van der Waals surface area (Å²) in [4.78, 5) is 16.9. The van der Waals surface area contributed by atoms with Crippen LogP contribution in [0.4, 0.5) is 0 Å². The third-order valence-electron chi connectivity index (χ3n) is 3.79. The first-order valence-electron chi connectivity index (χ1n) is 6.98. The van der Waals surface area contributed by atoms with Crippen LogP contribution in [0, 0.1) is 6.92 Å². The lowest BCUT2D eigenvalue weighted by Gasteiger charge is -2.22. The average Bonchev–Trinajstić information content (AvgIpc) is 2.87. The van der Waals surface area contributed by atoms with Crippen LogP contribution in [0.1, 0.15) is 37.8 Å². The molecule has 1 aliphatic carbocycles. The molecule has 0 atom stereocenters. The Kier molecular flexibility index (Phi) is 3.85. The highest BCUT2D eigenvalue weighted by atomic mass is 32.2. The minimum atomic E-state index is -3.83. The number of aromatic nitrogens is 2. The Hall–Kier alpha value is -1.25. The van der Waals surface area contributed by atoms with Crippen molar-refractivity contribution in [2.45, 2.75) is 50.0 Å². The van der Waals surface area contributed by atoms with Gasteiger partial charge in [0.15, 0.2) is 9.86 Å². The van der Waals surface area contributed by atoms with Crippen molar-refractivity contribution >= 4 is 26.3 Å². The van der Waals surface area contributed by atoms with E-state index in [9.17, 15) is 13.2 Å². The van der Waals surface area contributed by atoms with Crippen LogP contribution in [0.15, 0.2) is 21.3 Å². The van der Waals surface area contributed by atoms with Gasteiger partial charge in [-0.15, -0.1) is 11.3 Å². The lowest BCUT2D eigenvalue weighted by Crippen LogP contribution is -2.39. The maximum absolute atomic E-state index is 12.5. The average molecular weight is 327 g/mol. The molecule has 0 radical (unpaired) electrons. The molecule has 1 aliphatic rings. The Bertz CT molecular complexity index is 817. The fourth-order valence-corrected chi connectivity index (χ4v) is 5.08. The van der Waals surface area contributed by atoms with Gasteiger partial charge in [0.25, 0.3) is 5.56 Å². The highest BCUT2D eigenvalue weighted by Crippen LogP contribution is 2.20. The van der Waals surface area contributed by atoms with Crippen LogP contribution in [0.25, 0.3) is 4.96 Å². The van der Waals surface area contributed by atoms with Gasteiger partial charge in [-0.1, -0.05) is 19.3 Å². The SMILES string of the molecule is Cc1nc2sccn2c(=O)c1S(=O)(=O)NC1CCCCC1. The maximum atomic E-state index is 12.5. The smallest absolute Gasteiger partial charge is 0.267 e. The molecule has 2 heterocycles. The van der Waals surface area contributed by atoms with Crippen molar-refractivity contribution in [1.82, 2.24) is 14.1 Å². The van der Waals surface area contributed by atoms with Gasteiger partial charge in [-0.25, -0.2) is 18.1 Å². The molecular weight excluding hydrogens is 310 g/mol. The number of aryl methyl sites for hydroxylation is 1. The summed E-state index contributed by atoms with van der Waals surface area (Å²) in [7, 11) is -3.83. The van der Waals surface area contributed by atoms with Gasteiger partial charge in [0, 0.05) is 17.6 Å². The number of hydrogen-bond donors (Lipinski definition) is 1. The van der Waals surface area contributed by atoms with Gasteiger partial charge in [-0.05, 0) is 19.8 Å². The van der Waals surface area contributed by atoms with Crippen LogP contribution in [0.2, 0.25) is 0 Å². The lowest BCUT2D eigenvalue weighted by atomic mass is 9.96. The molecule has 0 saturated heterocycles. The van der Waals surface area contributed by atoms with Crippen LogP contribution in [-0.2, 0) is 10.0 Å². The van der Waals surface area contributed by atoms with Crippen LogP contribution in [0.3, 0.4) is 0 Å². The zero-order valence-corrected chi connectivity index (χ0v) is 13.3. The van der Waals surface area contributed by atoms with Crippen LogP contribution < -0.4 is 10.3 Å². The van der Waals surface area contributed by atoms with E-state index >= 15 is 0 Å². The van der Waals surface area contributed by atoms with Gasteiger partial charge in [0.05, 0.1) is 5.69 Å². The molecule has 1 fully saturated rings. The van der Waals surface area contributed by atoms with E-state index in [1.165, 1.54) is 15.7 Å². The van der Waals surface area contributed by atoms with E-state index in [-0.39, 0.29) is 16.6 Å². The van der Waals surface area contributed by atoms with E-state index in [4.69, 9.17) is 0 Å².